The van der Waals surface area contributed by atoms with E-state index >= 15 is 0 Å². The summed E-state index contributed by atoms with van der Waals surface area (Å²) in [5.41, 5.74) is 0.745. The highest BCUT2D eigenvalue weighted by Gasteiger charge is 2.62. The van der Waals surface area contributed by atoms with Crippen molar-refractivity contribution in [1.29, 1.82) is 0 Å². The first-order valence-corrected chi connectivity index (χ1v) is 9.55. The molecule has 8 atom stereocenters. The summed E-state index contributed by atoms with van der Waals surface area (Å²) in [6.07, 6.45) is 9.51. The highest BCUT2D eigenvalue weighted by atomic mass is 16.3. The van der Waals surface area contributed by atoms with E-state index in [0.29, 0.717) is 17.1 Å². The van der Waals surface area contributed by atoms with E-state index in [0.717, 1.165) is 42.9 Å². The lowest BCUT2D eigenvalue weighted by Crippen LogP contribution is -2.45. The van der Waals surface area contributed by atoms with Crippen molar-refractivity contribution in [3.05, 3.63) is 0 Å². The van der Waals surface area contributed by atoms with Gasteiger partial charge in [0, 0.05) is 5.92 Å². The zero-order valence-corrected chi connectivity index (χ0v) is 14.5. The Morgan fingerprint density at radius 2 is 1.64 bits per heavy atom. The van der Waals surface area contributed by atoms with E-state index < -0.39 is 0 Å². The van der Waals surface area contributed by atoms with Crippen LogP contribution in [0, 0.1) is 40.4 Å². The molecule has 0 heterocycles. The molecule has 4 fully saturated rings. The molecule has 4 rings (SSSR count). The average Bonchev–Trinajstić information content (AvgIpc) is 2.93. The van der Waals surface area contributed by atoms with Gasteiger partial charge < -0.3 is 5.11 Å². The van der Waals surface area contributed by atoms with Gasteiger partial charge in [0.25, 0.3) is 0 Å². The van der Waals surface area contributed by atoms with E-state index in [1.54, 1.807) is 0 Å². The summed E-state index contributed by atoms with van der Waals surface area (Å²) in [6, 6.07) is 0. The van der Waals surface area contributed by atoms with Crippen LogP contribution < -0.4 is 0 Å². The molecule has 2 heteroatoms. The fraction of sp³-hybridized carbons (Fsp3) is 0.950. The van der Waals surface area contributed by atoms with Gasteiger partial charge in [0.2, 0.25) is 0 Å². The molecule has 2 nitrogen and oxygen atoms in total. The molecule has 0 aromatic heterocycles. The predicted octanol–water partition coefficient (Wildman–Crippen LogP) is 4.21. The molecule has 0 aromatic rings. The number of fused-ring (bicyclic) bond motifs is 5. The number of Topliss-reactive ketones (excluding diaryl/α,β-unsaturated/α-hetero) is 1. The molecule has 0 spiro atoms. The lowest BCUT2D eigenvalue weighted by Gasteiger charge is -2.50. The van der Waals surface area contributed by atoms with Crippen molar-refractivity contribution in [2.24, 2.45) is 40.4 Å². The third-order valence-electron chi connectivity index (χ3n) is 8.84. The Kier molecular flexibility index (Phi) is 3.32. The molecule has 4 saturated carbocycles. The maximum atomic E-state index is 12.1. The van der Waals surface area contributed by atoms with Gasteiger partial charge in [0.1, 0.15) is 5.78 Å². The molecular weight excluding hydrogens is 272 g/mol. The molecule has 0 aromatic carbocycles. The fourth-order valence-electron chi connectivity index (χ4n) is 7.68. The van der Waals surface area contributed by atoms with Crippen LogP contribution >= 0.6 is 0 Å². The number of ketones is 1. The van der Waals surface area contributed by atoms with Crippen LogP contribution in [0.2, 0.25) is 0 Å². The van der Waals surface area contributed by atoms with E-state index in [9.17, 15) is 9.90 Å². The Morgan fingerprint density at radius 1 is 0.955 bits per heavy atom. The van der Waals surface area contributed by atoms with Crippen LogP contribution in [0.5, 0.6) is 0 Å². The number of rotatable bonds is 1. The first-order valence-electron chi connectivity index (χ1n) is 9.55. The molecule has 0 unspecified atom stereocenters. The van der Waals surface area contributed by atoms with Crippen molar-refractivity contribution >= 4 is 5.78 Å². The van der Waals surface area contributed by atoms with Crippen molar-refractivity contribution in [1.82, 2.24) is 0 Å². The number of aliphatic hydroxyl groups excluding tert-OH is 1. The topological polar surface area (TPSA) is 37.3 Å². The van der Waals surface area contributed by atoms with Crippen molar-refractivity contribution in [2.75, 3.05) is 0 Å². The Bertz CT molecular complexity index is 486. The van der Waals surface area contributed by atoms with Gasteiger partial charge in [-0.3, -0.25) is 4.79 Å². The van der Waals surface area contributed by atoms with E-state index in [2.05, 4.69) is 13.8 Å². The van der Waals surface area contributed by atoms with Gasteiger partial charge in [0.15, 0.2) is 0 Å². The largest absolute Gasteiger partial charge is 0.393 e. The maximum absolute atomic E-state index is 12.1. The molecule has 22 heavy (non-hydrogen) atoms. The van der Waals surface area contributed by atoms with E-state index in [1.165, 1.54) is 32.1 Å². The zero-order chi connectivity index (χ0) is 15.7. The molecule has 0 radical (unpaired) electrons. The smallest absolute Gasteiger partial charge is 0.133 e. The molecule has 124 valence electrons. The molecule has 0 bridgehead atoms. The highest BCUT2D eigenvalue weighted by molar-refractivity contribution is 5.79. The number of carbonyl (C=O) groups is 1. The van der Waals surface area contributed by atoms with E-state index in [1.807, 2.05) is 6.92 Å². The molecule has 4 aliphatic carbocycles. The SMILES string of the molecule is CC(=O)[C@H]1CC[C@H]2[C@@H]3C[C@@H]4C[C@H](O)CC[C@]4(C)[C@H]3CC[C@]12C. The number of carbonyl (C=O) groups excluding carboxylic acids is 1. The van der Waals surface area contributed by atoms with Crippen molar-refractivity contribution in [3.8, 4) is 0 Å². The van der Waals surface area contributed by atoms with Crippen LogP contribution in [-0.4, -0.2) is 17.0 Å². The van der Waals surface area contributed by atoms with Gasteiger partial charge in [-0.1, -0.05) is 13.8 Å². The van der Waals surface area contributed by atoms with Crippen LogP contribution in [-0.2, 0) is 4.79 Å². The minimum Gasteiger partial charge on any atom is -0.393 e. The molecule has 4 aliphatic rings. The Morgan fingerprint density at radius 3 is 2.36 bits per heavy atom. The molecule has 0 amide bonds. The molecule has 0 saturated heterocycles. The first-order chi connectivity index (χ1) is 10.4. The van der Waals surface area contributed by atoms with Crippen molar-refractivity contribution in [3.63, 3.8) is 0 Å². The summed E-state index contributed by atoms with van der Waals surface area (Å²) < 4.78 is 0. The van der Waals surface area contributed by atoms with Crippen LogP contribution in [0.25, 0.3) is 0 Å². The lowest BCUT2D eigenvalue weighted by atomic mass is 9.54. The first kappa shape index (κ1) is 15.2. The number of hydrogen-bond donors (Lipinski definition) is 1. The predicted molar refractivity (Wildman–Crippen MR) is 87.3 cm³/mol. The fourth-order valence-corrected chi connectivity index (χ4v) is 7.68. The number of aliphatic hydroxyl groups is 1. The third kappa shape index (κ3) is 1.85. The third-order valence-corrected chi connectivity index (χ3v) is 8.84. The van der Waals surface area contributed by atoms with Crippen LogP contribution in [0.3, 0.4) is 0 Å². The highest BCUT2D eigenvalue weighted by Crippen LogP contribution is 2.69. The van der Waals surface area contributed by atoms with Gasteiger partial charge >= 0.3 is 0 Å². The maximum Gasteiger partial charge on any atom is 0.133 e. The van der Waals surface area contributed by atoms with Crippen molar-refractivity contribution in [2.45, 2.75) is 78.2 Å². The summed E-state index contributed by atoms with van der Waals surface area (Å²) >= 11 is 0. The Hall–Kier alpha value is -0.370. The standard InChI is InChI=1S/C20H32O2/c1-12(21)16-4-5-17-15-11-13-10-14(22)6-8-19(13,2)18(15)7-9-20(16,17)3/h13-18,22H,4-11H2,1-3H3/t13-,14+,15-,16+,17-,18-,19-,20+/m0/s1. The second kappa shape index (κ2) is 4.82. The van der Waals surface area contributed by atoms with E-state index in [-0.39, 0.29) is 11.5 Å². The van der Waals surface area contributed by atoms with Gasteiger partial charge in [-0.15, -0.1) is 0 Å². The minimum atomic E-state index is -0.0573. The monoisotopic (exact) mass is 304 g/mol. The minimum absolute atomic E-state index is 0.0573. The summed E-state index contributed by atoms with van der Waals surface area (Å²) in [5, 5.41) is 10.1. The van der Waals surface area contributed by atoms with Crippen LogP contribution in [0.1, 0.15) is 72.1 Å². The van der Waals surface area contributed by atoms with Gasteiger partial charge in [-0.05, 0) is 92.8 Å². The van der Waals surface area contributed by atoms with Crippen LogP contribution in [0.4, 0.5) is 0 Å². The van der Waals surface area contributed by atoms with Gasteiger partial charge in [0.05, 0.1) is 6.10 Å². The van der Waals surface area contributed by atoms with E-state index in [4.69, 9.17) is 0 Å². The Balaban J connectivity index is 1.64. The van der Waals surface area contributed by atoms with Gasteiger partial charge in [-0.2, -0.15) is 0 Å². The number of hydrogen-bond acceptors (Lipinski definition) is 2. The molecular formula is C20H32O2. The zero-order valence-electron chi connectivity index (χ0n) is 14.5. The second-order valence-corrected chi connectivity index (χ2v) is 9.53. The molecule has 1 N–H and O–H groups in total. The molecule has 0 aliphatic heterocycles. The summed E-state index contributed by atoms with van der Waals surface area (Å²) in [5.74, 6) is 3.92. The second-order valence-electron chi connectivity index (χ2n) is 9.53. The van der Waals surface area contributed by atoms with Crippen molar-refractivity contribution < 1.29 is 9.90 Å². The summed E-state index contributed by atoms with van der Waals surface area (Å²) in [7, 11) is 0. The van der Waals surface area contributed by atoms with Gasteiger partial charge in [-0.25, -0.2) is 0 Å². The quantitative estimate of drug-likeness (QED) is 0.788. The summed E-state index contributed by atoms with van der Waals surface area (Å²) in [6.45, 7) is 6.76. The summed E-state index contributed by atoms with van der Waals surface area (Å²) in [4.78, 5) is 12.1. The normalized spacial score (nSPS) is 57.1. The Labute approximate surface area is 135 Å². The average molecular weight is 304 g/mol. The lowest BCUT2D eigenvalue weighted by molar-refractivity contribution is -0.126. The van der Waals surface area contributed by atoms with Crippen LogP contribution in [0.15, 0.2) is 0 Å².